The molecule has 7 nitrogen and oxygen atoms in total. The third kappa shape index (κ3) is 4.87. The third-order valence-corrected chi connectivity index (χ3v) is 7.52. The van der Waals surface area contributed by atoms with Crippen LogP contribution >= 0.6 is 0 Å². The van der Waals surface area contributed by atoms with Gasteiger partial charge in [0.05, 0.1) is 33.5 Å². The molecule has 2 heterocycles. The van der Waals surface area contributed by atoms with Crippen molar-refractivity contribution >= 4 is 26.8 Å². The quantitative estimate of drug-likeness (QED) is 0.376. The second-order valence-corrected chi connectivity index (χ2v) is 10.6. The SMILES string of the molecule is Cc1ccccc1-c1cc(C(=O)NCCCS(=O)(=O)c2ccccc2)c2cnn(C(C)C)c2n1. The number of aromatic nitrogens is 3. The molecule has 2 aromatic carbocycles. The van der Waals surface area contributed by atoms with Crippen LogP contribution in [0.2, 0.25) is 0 Å². The second-order valence-electron chi connectivity index (χ2n) is 8.53. The Bertz CT molecular complexity index is 1430. The Morgan fingerprint density at radius 2 is 1.76 bits per heavy atom. The average molecular weight is 477 g/mol. The zero-order valence-electron chi connectivity index (χ0n) is 19.5. The Hall–Kier alpha value is -3.52. The van der Waals surface area contributed by atoms with E-state index in [1.165, 1.54) is 0 Å². The van der Waals surface area contributed by atoms with Crippen molar-refractivity contribution in [2.24, 2.45) is 0 Å². The van der Waals surface area contributed by atoms with E-state index in [1.54, 1.807) is 47.3 Å². The van der Waals surface area contributed by atoms with Gasteiger partial charge in [-0.3, -0.25) is 4.79 Å². The molecule has 2 aromatic heterocycles. The van der Waals surface area contributed by atoms with Crippen LogP contribution in [0.4, 0.5) is 0 Å². The van der Waals surface area contributed by atoms with E-state index in [0.717, 1.165) is 11.1 Å². The monoisotopic (exact) mass is 476 g/mol. The maximum absolute atomic E-state index is 13.2. The lowest BCUT2D eigenvalue weighted by molar-refractivity contribution is 0.0955. The van der Waals surface area contributed by atoms with Gasteiger partial charge in [-0.25, -0.2) is 18.1 Å². The number of pyridine rings is 1. The molecule has 0 aliphatic heterocycles. The van der Waals surface area contributed by atoms with E-state index in [4.69, 9.17) is 4.98 Å². The van der Waals surface area contributed by atoms with Gasteiger partial charge in [-0.15, -0.1) is 0 Å². The van der Waals surface area contributed by atoms with Crippen LogP contribution in [-0.2, 0) is 9.84 Å². The van der Waals surface area contributed by atoms with Gasteiger partial charge in [0.25, 0.3) is 5.91 Å². The first-order valence-corrected chi connectivity index (χ1v) is 12.9. The van der Waals surface area contributed by atoms with Crippen LogP contribution in [0.25, 0.3) is 22.3 Å². The predicted octanol–water partition coefficient (Wildman–Crippen LogP) is 4.58. The normalized spacial score (nSPS) is 11.8. The molecule has 4 rings (SSSR count). The molecule has 4 aromatic rings. The molecule has 1 N–H and O–H groups in total. The lowest BCUT2D eigenvalue weighted by Crippen LogP contribution is -2.26. The highest BCUT2D eigenvalue weighted by Crippen LogP contribution is 2.28. The van der Waals surface area contributed by atoms with Crippen molar-refractivity contribution in [1.82, 2.24) is 20.1 Å². The highest BCUT2D eigenvalue weighted by Gasteiger charge is 2.19. The van der Waals surface area contributed by atoms with Gasteiger partial charge in [0, 0.05) is 18.2 Å². The number of amides is 1. The Kier molecular flexibility index (Phi) is 6.79. The van der Waals surface area contributed by atoms with Crippen molar-refractivity contribution in [3.63, 3.8) is 0 Å². The maximum Gasteiger partial charge on any atom is 0.252 e. The first kappa shape index (κ1) is 23.6. The van der Waals surface area contributed by atoms with Crippen LogP contribution in [0.15, 0.2) is 71.8 Å². The van der Waals surface area contributed by atoms with Crippen LogP contribution in [0.1, 0.15) is 42.2 Å². The molecule has 0 saturated heterocycles. The number of rotatable bonds is 8. The molecule has 0 spiro atoms. The summed E-state index contributed by atoms with van der Waals surface area (Å²) in [6.45, 7) is 6.28. The minimum Gasteiger partial charge on any atom is -0.352 e. The fourth-order valence-electron chi connectivity index (χ4n) is 3.89. The standard InChI is InChI=1S/C26H28N4O3S/c1-18(2)30-25-23(17-28-30)22(16-24(29-25)21-13-8-7-10-19(21)3)26(31)27-14-9-15-34(32,33)20-11-5-4-6-12-20/h4-8,10-13,16-18H,9,14-15H2,1-3H3,(H,27,31). The maximum atomic E-state index is 13.2. The number of benzene rings is 2. The van der Waals surface area contributed by atoms with Crippen molar-refractivity contribution in [2.45, 2.75) is 38.1 Å². The molecule has 0 bridgehead atoms. The van der Waals surface area contributed by atoms with Crippen molar-refractivity contribution in [3.05, 3.63) is 78.0 Å². The van der Waals surface area contributed by atoms with Crippen molar-refractivity contribution in [2.75, 3.05) is 12.3 Å². The molecular formula is C26H28N4O3S. The second kappa shape index (κ2) is 9.77. The van der Waals surface area contributed by atoms with Crippen LogP contribution < -0.4 is 5.32 Å². The van der Waals surface area contributed by atoms with E-state index in [9.17, 15) is 13.2 Å². The number of hydrogen-bond acceptors (Lipinski definition) is 5. The zero-order chi connectivity index (χ0) is 24.3. The first-order valence-electron chi connectivity index (χ1n) is 11.3. The van der Waals surface area contributed by atoms with E-state index >= 15 is 0 Å². The number of nitrogens with zero attached hydrogens (tertiary/aromatic N) is 3. The molecule has 0 saturated carbocycles. The van der Waals surface area contributed by atoms with E-state index in [1.807, 2.05) is 45.0 Å². The molecule has 0 radical (unpaired) electrons. The lowest BCUT2D eigenvalue weighted by Gasteiger charge is -2.12. The minimum atomic E-state index is -3.39. The predicted molar refractivity (Wildman–Crippen MR) is 134 cm³/mol. The average Bonchev–Trinajstić information content (AvgIpc) is 3.26. The first-order chi connectivity index (χ1) is 16.3. The van der Waals surface area contributed by atoms with E-state index in [-0.39, 0.29) is 24.2 Å². The number of carbonyl (C=O) groups excluding carboxylic acids is 1. The molecule has 0 aliphatic rings. The van der Waals surface area contributed by atoms with Gasteiger partial charge < -0.3 is 5.32 Å². The van der Waals surface area contributed by atoms with Gasteiger partial charge in [0.15, 0.2) is 15.5 Å². The Labute approximate surface area is 199 Å². The van der Waals surface area contributed by atoms with Gasteiger partial charge in [-0.2, -0.15) is 5.10 Å². The van der Waals surface area contributed by atoms with E-state index < -0.39 is 9.84 Å². The minimum absolute atomic E-state index is 0.0389. The number of fused-ring (bicyclic) bond motifs is 1. The fourth-order valence-corrected chi connectivity index (χ4v) is 5.22. The van der Waals surface area contributed by atoms with Gasteiger partial charge in [-0.05, 0) is 51.0 Å². The van der Waals surface area contributed by atoms with Crippen LogP contribution in [-0.4, -0.2) is 41.4 Å². The number of sulfone groups is 1. The molecule has 8 heteroatoms. The molecular weight excluding hydrogens is 448 g/mol. The van der Waals surface area contributed by atoms with Gasteiger partial charge in [0.1, 0.15) is 0 Å². The fraction of sp³-hybridized carbons (Fsp3) is 0.269. The van der Waals surface area contributed by atoms with Crippen molar-refractivity contribution < 1.29 is 13.2 Å². The van der Waals surface area contributed by atoms with Crippen LogP contribution in [0.5, 0.6) is 0 Å². The highest BCUT2D eigenvalue weighted by molar-refractivity contribution is 7.91. The Morgan fingerprint density at radius 3 is 2.47 bits per heavy atom. The van der Waals surface area contributed by atoms with Gasteiger partial charge in [0.2, 0.25) is 0 Å². The lowest BCUT2D eigenvalue weighted by atomic mass is 10.0. The summed E-state index contributed by atoms with van der Waals surface area (Å²) in [5.41, 5.74) is 3.82. The molecule has 34 heavy (non-hydrogen) atoms. The largest absolute Gasteiger partial charge is 0.352 e. The van der Waals surface area contributed by atoms with Crippen molar-refractivity contribution in [1.29, 1.82) is 0 Å². The Balaban J connectivity index is 1.58. The molecule has 0 aliphatic carbocycles. The van der Waals surface area contributed by atoms with E-state index in [0.29, 0.717) is 33.6 Å². The third-order valence-electron chi connectivity index (χ3n) is 5.70. The smallest absolute Gasteiger partial charge is 0.252 e. The zero-order valence-corrected chi connectivity index (χ0v) is 20.3. The topological polar surface area (TPSA) is 94.0 Å². The van der Waals surface area contributed by atoms with E-state index in [2.05, 4.69) is 10.4 Å². The number of hydrogen-bond donors (Lipinski definition) is 1. The Morgan fingerprint density at radius 1 is 1.06 bits per heavy atom. The number of nitrogens with one attached hydrogen (secondary N) is 1. The molecule has 176 valence electrons. The molecule has 0 unspecified atom stereocenters. The number of aryl methyl sites for hydroxylation is 1. The summed E-state index contributed by atoms with van der Waals surface area (Å²) >= 11 is 0. The summed E-state index contributed by atoms with van der Waals surface area (Å²) in [5, 5.41) is 8.00. The van der Waals surface area contributed by atoms with Crippen LogP contribution in [0.3, 0.4) is 0 Å². The van der Waals surface area contributed by atoms with Crippen LogP contribution in [0, 0.1) is 6.92 Å². The summed E-state index contributed by atoms with van der Waals surface area (Å²) in [7, 11) is -3.39. The van der Waals surface area contributed by atoms with Crippen molar-refractivity contribution in [3.8, 4) is 11.3 Å². The molecule has 1 amide bonds. The highest BCUT2D eigenvalue weighted by atomic mass is 32.2. The summed E-state index contributed by atoms with van der Waals surface area (Å²) in [5.74, 6) is -0.314. The molecule has 0 atom stereocenters. The van der Waals surface area contributed by atoms with Gasteiger partial charge >= 0.3 is 0 Å². The summed E-state index contributed by atoms with van der Waals surface area (Å²) < 4.78 is 26.8. The molecule has 0 fully saturated rings. The summed E-state index contributed by atoms with van der Waals surface area (Å²) in [6.07, 6.45) is 1.98. The van der Waals surface area contributed by atoms with Gasteiger partial charge in [-0.1, -0.05) is 42.5 Å². The summed E-state index contributed by atoms with van der Waals surface area (Å²) in [4.78, 5) is 18.3. The summed E-state index contributed by atoms with van der Waals surface area (Å²) in [6, 6.07) is 18.1. The number of carbonyl (C=O) groups is 1.